The zero-order valence-electron chi connectivity index (χ0n) is 30.7. The number of benzene rings is 6. The summed E-state index contributed by atoms with van der Waals surface area (Å²) in [7, 11) is 0. The Morgan fingerprint density at radius 3 is 2.19 bits per heavy atom. The van der Waals surface area contributed by atoms with Crippen LogP contribution in [0, 0.1) is 5.92 Å². The molecule has 0 aliphatic heterocycles. The van der Waals surface area contributed by atoms with E-state index in [1.165, 1.54) is 91.6 Å². The number of para-hydroxylation sites is 3. The molecule has 3 aliphatic carbocycles. The van der Waals surface area contributed by atoms with Gasteiger partial charge in [-0.1, -0.05) is 127 Å². The van der Waals surface area contributed by atoms with Gasteiger partial charge in [0, 0.05) is 70.4 Å². The van der Waals surface area contributed by atoms with Crippen molar-refractivity contribution in [2.45, 2.75) is 18.3 Å². The van der Waals surface area contributed by atoms with Gasteiger partial charge in [-0.3, -0.25) is 4.57 Å². The highest BCUT2D eigenvalue weighted by molar-refractivity contribution is 7.20. The van der Waals surface area contributed by atoms with Gasteiger partial charge >= 0.3 is 0 Å². The molecular formula is C52H32N4S. The van der Waals surface area contributed by atoms with E-state index >= 15 is 0 Å². The standard InChI is InChI=1S/C52H32N4S/c1-2-14-30-29(13-1)27-28-41-45(30)47-46-37-21-11-20-32-31-15-6-9-24-40(31)55(48(32)37)49(46)33-16-3-4-17-34(33)50(47)56(41)52-35-18-5-8-23-39(35)53-51(54-52)38-22-12-26-43-44(38)36-19-7-10-25-42(36)57-43/h1-21,23-30,38H,22H2. The molecule has 4 nitrogen and oxygen atoms in total. The van der Waals surface area contributed by atoms with Crippen molar-refractivity contribution in [2.75, 3.05) is 0 Å². The first-order valence-electron chi connectivity index (χ1n) is 20.0. The summed E-state index contributed by atoms with van der Waals surface area (Å²) in [6.07, 6.45) is 19.5. The largest absolute Gasteiger partial charge is 0.307 e. The molecular weight excluding hydrogens is 713 g/mol. The number of nitrogens with zero attached hydrogens (tertiary/aromatic N) is 4. The third kappa shape index (κ3) is 3.82. The summed E-state index contributed by atoms with van der Waals surface area (Å²) in [4.78, 5) is 12.5. The molecule has 5 heterocycles. The Labute approximate surface area is 331 Å². The topological polar surface area (TPSA) is 35.1 Å². The van der Waals surface area contributed by atoms with Crippen molar-refractivity contribution < 1.29 is 0 Å². The lowest BCUT2D eigenvalue weighted by atomic mass is 9.77. The fourth-order valence-corrected chi connectivity index (χ4v) is 12.1. The van der Waals surface area contributed by atoms with Gasteiger partial charge in [-0.2, -0.15) is 0 Å². The zero-order valence-corrected chi connectivity index (χ0v) is 31.5. The Bertz CT molecular complexity index is 3700. The average Bonchev–Trinajstić information content (AvgIpc) is 4.02. The Morgan fingerprint density at radius 1 is 0.561 bits per heavy atom. The van der Waals surface area contributed by atoms with Crippen molar-refractivity contribution >= 4 is 104 Å². The van der Waals surface area contributed by atoms with Crippen molar-refractivity contribution in [1.29, 1.82) is 0 Å². The summed E-state index contributed by atoms with van der Waals surface area (Å²) in [6, 6.07) is 42.4. The molecule has 57 heavy (non-hydrogen) atoms. The molecule has 0 bridgehead atoms. The van der Waals surface area contributed by atoms with Gasteiger partial charge in [-0.15, -0.1) is 11.3 Å². The van der Waals surface area contributed by atoms with E-state index < -0.39 is 0 Å². The van der Waals surface area contributed by atoms with Crippen LogP contribution < -0.4 is 0 Å². The Balaban J connectivity index is 1.18. The van der Waals surface area contributed by atoms with Crippen LogP contribution in [0.25, 0.3) is 98.7 Å². The Morgan fingerprint density at radius 2 is 1.28 bits per heavy atom. The van der Waals surface area contributed by atoms with Crippen molar-refractivity contribution in [2.24, 2.45) is 5.92 Å². The van der Waals surface area contributed by atoms with Gasteiger partial charge in [0.25, 0.3) is 0 Å². The molecule has 14 rings (SSSR count). The van der Waals surface area contributed by atoms with E-state index in [0.29, 0.717) is 0 Å². The molecule has 11 aromatic rings. The summed E-state index contributed by atoms with van der Waals surface area (Å²) in [5, 5.41) is 11.4. The second kappa shape index (κ2) is 10.9. The molecule has 266 valence electrons. The van der Waals surface area contributed by atoms with E-state index in [-0.39, 0.29) is 17.8 Å². The number of hydrogen-bond acceptors (Lipinski definition) is 3. The van der Waals surface area contributed by atoms with E-state index in [2.05, 4.69) is 173 Å². The highest BCUT2D eigenvalue weighted by Gasteiger charge is 2.35. The van der Waals surface area contributed by atoms with Crippen LogP contribution in [0.2, 0.25) is 0 Å². The van der Waals surface area contributed by atoms with Gasteiger partial charge in [0.05, 0.1) is 33.3 Å². The fraction of sp³-hybridized carbons (Fsp3) is 0.0769. The molecule has 0 amide bonds. The average molecular weight is 745 g/mol. The lowest BCUT2D eigenvalue weighted by molar-refractivity contribution is 0.692. The minimum Gasteiger partial charge on any atom is -0.307 e. The van der Waals surface area contributed by atoms with Gasteiger partial charge in [-0.05, 0) is 59.4 Å². The summed E-state index contributed by atoms with van der Waals surface area (Å²) < 4.78 is 6.40. The summed E-state index contributed by atoms with van der Waals surface area (Å²) in [5.41, 5.74) is 9.96. The SMILES string of the molecule is C1=CC2C=Cc3c(c4c5c6cccc7c8ccccc8n(c76)c5c5ccccc5c4n3-c3nc(C4CC=Cc5sc6ccccc6c54)nc4ccccc34)C2C=C1. The molecule has 5 heteroatoms. The number of rotatable bonds is 2. The maximum atomic E-state index is 5.78. The minimum absolute atomic E-state index is 0.0475. The van der Waals surface area contributed by atoms with E-state index in [4.69, 9.17) is 9.97 Å². The first kappa shape index (κ1) is 30.4. The molecule has 0 saturated heterocycles. The number of aromatic nitrogens is 4. The van der Waals surface area contributed by atoms with Crippen LogP contribution in [0.5, 0.6) is 0 Å². The summed E-state index contributed by atoms with van der Waals surface area (Å²) in [6.45, 7) is 0. The molecule has 6 aromatic carbocycles. The van der Waals surface area contributed by atoms with Crippen LogP contribution >= 0.6 is 11.3 Å². The number of hydrogen-bond donors (Lipinski definition) is 0. The van der Waals surface area contributed by atoms with Crippen molar-refractivity contribution in [3.63, 3.8) is 0 Å². The van der Waals surface area contributed by atoms with Crippen molar-refractivity contribution in [1.82, 2.24) is 18.9 Å². The maximum absolute atomic E-state index is 5.78. The van der Waals surface area contributed by atoms with Crippen LogP contribution in [0.3, 0.4) is 0 Å². The first-order valence-corrected chi connectivity index (χ1v) is 20.8. The predicted octanol–water partition coefficient (Wildman–Crippen LogP) is 13.5. The highest BCUT2D eigenvalue weighted by atomic mass is 32.1. The molecule has 5 aromatic heterocycles. The smallest absolute Gasteiger partial charge is 0.149 e. The Hall–Kier alpha value is -6.82. The number of allylic oxidation sites excluding steroid dienone is 6. The third-order valence-electron chi connectivity index (χ3n) is 13.1. The van der Waals surface area contributed by atoms with E-state index in [1.54, 1.807) is 0 Å². The minimum atomic E-state index is 0.0475. The van der Waals surface area contributed by atoms with Gasteiger partial charge in [0.1, 0.15) is 11.6 Å². The quantitative estimate of drug-likeness (QED) is 0.177. The second-order valence-electron chi connectivity index (χ2n) is 15.9. The zero-order chi connectivity index (χ0) is 36.9. The highest BCUT2D eigenvalue weighted by Crippen LogP contribution is 2.53. The van der Waals surface area contributed by atoms with Gasteiger partial charge < -0.3 is 4.40 Å². The maximum Gasteiger partial charge on any atom is 0.149 e. The summed E-state index contributed by atoms with van der Waals surface area (Å²) >= 11 is 1.87. The van der Waals surface area contributed by atoms with Crippen LogP contribution in [-0.2, 0) is 0 Å². The third-order valence-corrected chi connectivity index (χ3v) is 14.3. The van der Waals surface area contributed by atoms with Crippen molar-refractivity contribution in [3.8, 4) is 5.82 Å². The summed E-state index contributed by atoms with van der Waals surface area (Å²) in [5.74, 6) is 2.34. The fourth-order valence-electron chi connectivity index (χ4n) is 10.9. The van der Waals surface area contributed by atoms with Gasteiger partial charge in [-0.25, -0.2) is 9.97 Å². The lowest BCUT2D eigenvalue weighted by Gasteiger charge is -2.26. The molecule has 0 fully saturated rings. The van der Waals surface area contributed by atoms with Gasteiger partial charge in [0.2, 0.25) is 0 Å². The second-order valence-corrected chi connectivity index (χ2v) is 17.0. The molecule has 3 atom stereocenters. The monoisotopic (exact) mass is 744 g/mol. The molecule has 0 spiro atoms. The molecule has 0 N–H and O–H groups in total. The van der Waals surface area contributed by atoms with Crippen LogP contribution in [0.1, 0.15) is 45.8 Å². The molecule has 3 unspecified atom stereocenters. The normalized spacial score (nSPS) is 18.7. The Kier molecular flexibility index (Phi) is 5.83. The molecule has 3 aliphatic rings. The molecule has 0 radical (unpaired) electrons. The number of fused-ring (bicyclic) bond motifs is 19. The number of thiophene rings is 1. The predicted molar refractivity (Wildman–Crippen MR) is 239 cm³/mol. The van der Waals surface area contributed by atoms with Crippen LogP contribution in [0.15, 0.2) is 152 Å². The molecule has 0 saturated carbocycles. The van der Waals surface area contributed by atoms with E-state index in [9.17, 15) is 0 Å². The van der Waals surface area contributed by atoms with Gasteiger partial charge in [0.15, 0.2) is 0 Å². The lowest BCUT2D eigenvalue weighted by Crippen LogP contribution is -2.15. The van der Waals surface area contributed by atoms with E-state index in [0.717, 1.165) is 29.0 Å². The van der Waals surface area contributed by atoms with Crippen LogP contribution in [-0.4, -0.2) is 18.9 Å². The first-order chi connectivity index (χ1) is 28.3. The van der Waals surface area contributed by atoms with Crippen LogP contribution in [0.4, 0.5) is 0 Å². The van der Waals surface area contributed by atoms with E-state index in [1.807, 2.05) is 11.3 Å². The van der Waals surface area contributed by atoms with Crippen molar-refractivity contribution in [3.05, 3.63) is 179 Å².